The molecule has 1 aliphatic carbocycles. The second-order valence-electron chi connectivity index (χ2n) is 7.74. The Hall–Kier alpha value is -1.40. The number of hydrogen-bond acceptors (Lipinski definition) is 4. The van der Waals surface area contributed by atoms with Crippen LogP contribution in [0.15, 0.2) is 6.07 Å². The molecule has 0 spiro atoms. The Morgan fingerprint density at radius 1 is 1.20 bits per heavy atom. The zero-order chi connectivity index (χ0) is 17.1. The van der Waals surface area contributed by atoms with Gasteiger partial charge in [-0.25, -0.2) is 0 Å². The largest absolute Gasteiger partial charge is 0.381 e. The van der Waals surface area contributed by atoms with Crippen LogP contribution in [-0.4, -0.2) is 46.4 Å². The third kappa shape index (κ3) is 4.06. The highest BCUT2D eigenvalue weighted by molar-refractivity contribution is 5.78. The highest BCUT2D eigenvalue weighted by Crippen LogP contribution is 2.26. The van der Waals surface area contributed by atoms with E-state index in [1.807, 2.05) is 0 Å². The van der Waals surface area contributed by atoms with Gasteiger partial charge in [-0.3, -0.25) is 14.4 Å². The number of nitrogens with zero attached hydrogens (tertiary/aromatic N) is 3. The number of hydrogen-bond donors (Lipinski definition) is 1. The highest BCUT2D eigenvalue weighted by Gasteiger charge is 2.26. The van der Waals surface area contributed by atoms with Crippen molar-refractivity contribution in [3.63, 3.8) is 0 Å². The lowest BCUT2D eigenvalue weighted by atomic mass is 9.94. The summed E-state index contributed by atoms with van der Waals surface area (Å²) in [6, 6.07) is 2.94. The molecule has 2 aliphatic heterocycles. The molecule has 3 heterocycles. The fourth-order valence-electron chi connectivity index (χ4n) is 4.45. The summed E-state index contributed by atoms with van der Waals surface area (Å²) in [5.41, 5.74) is 2.28. The number of aryl methyl sites for hydroxylation is 1. The van der Waals surface area contributed by atoms with E-state index < -0.39 is 0 Å². The lowest BCUT2D eigenvalue weighted by Crippen LogP contribution is -2.36. The smallest absolute Gasteiger partial charge is 0.225 e. The van der Waals surface area contributed by atoms with Gasteiger partial charge in [0, 0.05) is 32.3 Å². The Morgan fingerprint density at radius 2 is 2.08 bits per heavy atom. The summed E-state index contributed by atoms with van der Waals surface area (Å²) in [5, 5.41) is 7.76. The van der Waals surface area contributed by atoms with Gasteiger partial charge in [0.05, 0.1) is 30.5 Å². The third-order valence-electron chi connectivity index (χ3n) is 5.93. The molecule has 1 saturated carbocycles. The number of rotatable bonds is 4. The van der Waals surface area contributed by atoms with Crippen LogP contribution >= 0.6 is 0 Å². The van der Waals surface area contributed by atoms with E-state index in [9.17, 15) is 4.79 Å². The topological polar surface area (TPSA) is 59.4 Å². The molecule has 3 aliphatic rings. The fourth-order valence-corrected chi connectivity index (χ4v) is 4.45. The zero-order valence-electron chi connectivity index (χ0n) is 15.1. The summed E-state index contributed by atoms with van der Waals surface area (Å²) in [5.74, 6) is 0.117. The van der Waals surface area contributed by atoms with Gasteiger partial charge in [0.15, 0.2) is 0 Å². The van der Waals surface area contributed by atoms with Crippen molar-refractivity contribution in [2.75, 3.05) is 19.8 Å². The first-order valence-electron chi connectivity index (χ1n) is 9.95. The molecule has 0 radical (unpaired) electrons. The molecule has 1 saturated heterocycles. The van der Waals surface area contributed by atoms with Crippen LogP contribution in [0.25, 0.3) is 0 Å². The molecule has 138 valence electrons. The van der Waals surface area contributed by atoms with E-state index in [0.29, 0.717) is 19.8 Å². The summed E-state index contributed by atoms with van der Waals surface area (Å²) in [7, 11) is 0. The Morgan fingerprint density at radius 3 is 2.88 bits per heavy atom. The van der Waals surface area contributed by atoms with Gasteiger partial charge >= 0.3 is 0 Å². The maximum atomic E-state index is 12.1. The molecule has 1 aromatic heterocycles. The van der Waals surface area contributed by atoms with Crippen LogP contribution in [0.4, 0.5) is 0 Å². The first-order chi connectivity index (χ1) is 12.3. The van der Waals surface area contributed by atoms with Crippen LogP contribution in [0.1, 0.15) is 56.3 Å². The molecule has 6 heteroatoms. The van der Waals surface area contributed by atoms with Crippen LogP contribution in [0.5, 0.6) is 0 Å². The second kappa shape index (κ2) is 7.87. The zero-order valence-corrected chi connectivity index (χ0v) is 15.1. The summed E-state index contributed by atoms with van der Waals surface area (Å²) < 4.78 is 7.45. The Bertz CT molecular complexity index is 588. The Balaban J connectivity index is 1.36. The molecular weight excluding hydrogens is 316 g/mol. The van der Waals surface area contributed by atoms with Gasteiger partial charge in [0.25, 0.3) is 0 Å². The van der Waals surface area contributed by atoms with E-state index in [1.54, 1.807) is 0 Å². The van der Waals surface area contributed by atoms with Crippen molar-refractivity contribution < 1.29 is 9.53 Å². The minimum absolute atomic E-state index is 0.0160. The van der Waals surface area contributed by atoms with E-state index in [0.717, 1.165) is 37.7 Å². The number of carbonyl (C=O) groups excluding carboxylic acids is 1. The number of carbonyl (C=O) groups is 1. The van der Waals surface area contributed by atoms with E-state index in [4.69, 9.17) is 9.84 Å². The van der Waals surface area contributed by atoms with Crippen molar-refractivity contribution in [3.8, 4) is 0 Å². The van der Waals surface area contributed by atoms with Crippen LogP contribution in [0.3, 0.4) is 0 Å². The lowest BCUT2D eigenvalue weighted by molar-refractivity contribution is -0.125. The minimum atomic E-state index is 0.0160. The van der Waals surface area contributed by atoms with Gasteiger partial charge < -0.3 is 10.1 Å². The van der Waals surface area contributed by atoms with Crippen molar-refractivity contribution in [3.05, 3.63) is 17.5 Å². The van der Waals surface area contributed by atoms with E-state index in [2.05, 4.69) is 21.0 Å². The quantitative estimate of drug-likeness (QED) is 0.907. The van der Waals surface area contributed by atoms with E-state index >= 15 is 0 Å². The summed E-state index contributed by atoms with van der Waals surface area (Å²) in [4.78, 5) is 14.8. The summed E-state index contributed by atoms with van der Waals surface area (Å²) in [6.45, 7) is 4.96. The Kier molecular flexibility index (Phi) is 5.36. The van der Waals surface area contributed by atoms with E-state index in [-0.39, 0.29) is 11.8 Å². The van der Waals surface area contributed by atoms with E-state index in [1.165, 1.54) is 44.3 Å². The molecule has 0 unspecified atom stereocenters. The predicted octanol–water partition coefficient (Wildman–Crippen LogP) is 2.07. The number of fused-ring (bicyclic) bond motifs is 1. The highest BCUT2D eigenvalue weighted by atomic mass is 16.5. The molecule has 2 fully saturated rings. The van der Waals surface area contributed by atoms with Gasteiger partial charge in [-0.15, -0.1) is 0 Å². The third-order valence-corrected chi connectivity index (χ3v) is 5.93. The first-order valence-corrected chi connectivity index (χ1v) is 9.95. The molecule has 25 heavy (non-hydrogen) atoms. The second-order valence-corrected chi connectivity index (χ2v) is 7.74. The molecule has 1 N–H and O–H groups in total. The average molecular weight is 346 g/mol. The number of ether oxygens (including phenoxy) is 1. The molecule has 4 rings (SSSR count). The van der Waals surface area contributed by atoms with Crippen molar-refractivity contribution >= 4 is 5.91 Å². The van der Waals surface area contributed by atoms with Gasteiger partial charge in [-0.1, -0.05) is 19.3 Å². The normalized spacial score (nSPS) is 25.5. The monoisotopic (exact) mass is 346 g/mol. The SMILES string of the molecule is O=C(NCc1cc2n(n1)CCCN(C1CCCCC1)C2)[C@H]1CCOC1. The van der Waals surface area contributed by atoms with Gasteiger partial charge in [-0.05, 0) is 31.7 Å². The molecule has 1 amide bonds. The maximum absolute atomic E-state index is 12.1. The van der Waals surface area contributed by atoms with Crippen LogP contribution in [0, 0.1) is 5.92 Å². The van der Waals surface area contributed by atoms with Crippen LogP contribution in [-0.2, 0) is 29.2 Å². The molecular formula is C19H30N4O2. The standard InChI is InChI=1S/C19H30N4O2/c24-19(15-7-10-25-14-15)20-12-16-11-18-13-22(8-4-9-23(18)21-16)17-5-2-1-3-6-17/h11,15,17H,1-10,12-14H2,(H,20,24)/t15-/m0/s1. The van der Waals surface area contributed by atoms with Gasteiger partial charge in [0.1, 0.15) is 0 Å². The van der Waals surface area contributed by atoms with Gasteiger partial charge in [0.2, 0.25) is 5.91 Å². The van der Waals surface area contributed by atoms with Gasteiger partial charge in [-0.2, -0.15) is 5.10 Å². The minimum Gasteiger partial charge on any atom is -0.381 e. The maximum Gasteiger partial charge on any atom is 0.225 e. The van der Waals surface area contributed by atoms with Crippen LogP contribution in [0.2, 0.25) is 0 Å². The molecule has 1 aromatic rings. The lowest BCUT2D eigenvalue weighted by Gasteiger charge is -2.33. The molecule has 1 atom stereocenters. The summed E-state index contributed by atoms with van der Waals surface area (Å²) in [6.07, 6.45) is 8.85. The number of amides is 1. The van der Waals surface area contributed by atoms with Crippen molar-refractivity contribution in [1.82, 2.24) is 20.0 Å². The molecule has 0 bridgehead atoms. The van der Waals surface area contributed by atoms with Crippen LogP contribution < -0.4 is 5.32 Å². The fraction of sp³-hybridized carbons (Fsp3) is 0.789. The first kappa shape index (κ1) is 17.0. The van der Waals surface area contributed by atoms with Crippen molar-refractivity contribution in [2.24, 2.45) is 5.92 Å². The summed E-state index contributed by atoms with van der Waals surface area (Å²) >= 11 is 0. The predicted molar refractivity (Wildman–Crippen MR) is 94.9 cm³/mol. The molecule has 0 aromatic carbocycles. The number of aromatic nitrogens is 2. The van der Waals surface area contributed by atoms with Crippen molar-refractivity contribution in [1.29, 1.82) is 0 Å². The number of nitrogens with one attached hydrogen (secondary N) is 1. The average Bonchev–Trinajstić information content (AvgIpc) is 3.27. The molecule has 6 nitrogen and oxygen atoms in total. The Labute approximate surface area is 149 Å². The van der Waals surface area contributed by atoms with Crippen molar-refractivity contribution in [2.45, 2.75) is 70.6 Å².